The van der Waals surface area contributed by atoms with Crippen molar-refractivity contribution in [3.05, 3.63) is 29.8 Å². The molecule has 0 saturated carbocycles. The first kappa shape index (κ1) is 21.6. The van der Waals surface area contributed by atoms with Crippen LogP contribution in [0.4, 0.5) is 10.5 Å². The number of nitrogens with one attached hydrogen (secondary N) is 1. The molecule has 0 aliphatic carbocycles. The Labute approximate surface area is 175 Å². The number of alkyl carbamates (subject to hydrolysis) is 1. The highest BCUT2D eigenvalue weighted by Gasteiger charge is 2.49. The number of carbonyl (C=O) groups excluding carboxylic acids is 2. The van der Waals surface area contributed by atoms with Gasteiger partial charge in [-0.15, -0.1) is 0 Å². The molecule has 2 aliphatic heterocycles. The van der Waals surface area contributed by atoms with Gasteiger partial charge in [0.2, 0.25) is 0 Å². The van der Waals surface area contributed by atoms with Gasteiger partial charge in [-0.25, -0.2) is 13.2 Å². The Bertz CT molecular complexity index is 953. The van der Waals surface area contributed by atoms with Crippen molar-refractivity contribution in [3.8, 4) is 0 Å². The quantitative estimate of drug-likeness (QED) is 0.769. The number of aliphatic imine (C=N–C) groups is 1. The molecule has 0 spiro atoms. The molecule has 158 valence electrons. The lowest BCUT2D eigenvalue weighted by Crippen LogP contribution is -2.39. The zero-order valence-corrected chi connectivity index (χ0v) is 18.5. The van der Waals surface area contributed by atoms with Crippen molar-refractivity contribution in [3.63, 3.8) is 0 Å². The number of sulfone groups is 1. The van der Waals surface area contributed by atoms with Gasteiger partial charge < -0.3 is 15.0 Å². The Morgan fingerprint density at radius 1 is 1.28 bits per heavy atom. The molecule has 8 nitrogen and oxygen atoms in total. The zero-order valence-electron chi connectivity index (χ0n) is 16.8. The van der Waals surface area contributed by atoms with Crippen molar-refractivity contribution < 1.29 is 22.7 Å². The standard InChI is InChI=1S/C19H25N3O5S2/c1-12-7-5-6-8-13(12)22-14-10-29(25,26)11-15(14)28-17(22)21-16(23)9-20-18(24)27-19(2,3)4/h5-8,14-15H,9-11H2,1-4H3,(H,20,24). The lowest BCUT2D eigenvalue weighted by atomic mass is 10.1. The first-order valence-electron chi connectivity index (χ1n) is 9.25. The summed E-state index contributed by atoms with van der Waals surface area (Å²) < 4.78 is 29.4. The number of rotatable bonds is 3. The summed E-state index contributed by atoms with van der Waals surface area (Å²) in [6.07, 6.45) is -0.691. The Hall–Kier alpha value is -2.07. The van der Waals surface area contributed by atoms with Crippen LogP contribution < -0.4 is 10.2 Å². The van der Waals surface area contributed by atoms with E-state index in [-0.39, 0.29) is 29.3 Å². The summed E-state index contributed by atoms with van der Waals surface area (Å²) in [6, 6.07) is 7.32. The van der Waals surface area contributed by atoms with Gasteiger partial charge >= 0.3 is 6.09 Å². The van der Waals surface area contributed by atoms with Crippen molar-refractivity contribution in [2.24, 2.45) is 4.99 Å². The summed E-state index contributed by atoms with van der Waals surface area (Å²) >= 11 is 1.30. The molecule has 2 unspecified atom stereocenters. The van der Waals surface area contributed by atoms with Gasteiger partial charge in [-0.2, -0.15) is 4.99 Å². The highest BCUT2D eigenvalue weighted by Crippen LogP contribution is 2.41. The summed E-state index contributed by atoms with van der Waals surface area (Å²) in [4.78, 5) is 30.1. The van der Waals surface area contributed by atoms with Crippen LogP contribution >= 0.6 is 11.8 Å². The van der Waals surface area contributed by atoms with Gasteiger partial charge in [0.1, 0.15) is 12.1 Å². The van der Waals surface area contributed by atoms with Gasteiger partial charge in [-0.1, -0.05) is 30.0 Å². The number of hydrogen-bond acceptors (Lipinski definition) is 6. The fraction of sp³-hybridized carbons (Fsp3) is 0.526. The largest absolute Gasteiger partial charge is 0.444 e. The number of amides is 2. The van der Waals surface area contributed by atoms with Gasteiger partial charge in [0.05, 0.1) is 17.5 Å². The zero-order chi connectivity index (χ0) is 21.4. The van der Waals surface area contributed by atoms with Crippen LogP contribution in [0.3, 0.4) is 0 Å². The van der Waals surface area contributed by atoms with Crippen molar-refractivity contribution in [2.45, 2.75) is 44.6 Å². The number of thioether (sulfide) groups is 1. The fourth-order valence-electron chi connectivity index (χ4n) is 3.29. The fourth-order valence-corrected chi connectivity index (χ4v) is 7.21. The number of hydrogen-bond donors (Lipinski definition) is 1. The maximum absolute atomic E-state index is 12.4. The highest BCUT2D eigenvalue weighted by molar-refractivity contribution is 8.16. The molecule has 2 heterocycles. The van der Waals surface area contributed by atoms with E-state index in [1.807, 2.05) is 36.1 Å². The molecule has 0 aromatic heterocycles. The van der Waals surface area contributed by atoms with Crippen LogP contribution in [0.2, 0.25) is 0 Å². The third kappa shape index (κ3) is 5.30. The normalized spacial score (nSPS) is 24.4. The van der Waals surface area contributed by atoms with Gasteiger partial charge in [0, 0.05) is 10.9 Å². The van der Waals surface area contributed by atoms with Crippen LogP contribution in [0.5, 0.6) is 0 Å². The second-order valence-corrected chi connectivity index (χ2v) is 11.5. The SMILES string of the molecule is Cc1ccccc1N1C(=NC(=O)CNC(=O)OC(C)(C)C)SC2CS(=O)(=O)CC21. The highest BCUT2D eigenvalue weighted by atomic mass is 32.2. The van der Waals surface area contributed by atoms with E-state index in [1.165, 1.54) is 11.8 Å². The predicted octanol–water partition coefficient (Wildman–Crippen LogP) is 2.12. The number of para-hydroxylation sites is 1. The molecule has 1 N–H and O–H groups in total. The number of benzene rings is 1. The summed E-state index contributed by atoms with van der Waals surface area (Å²) in [6.45, 7) is 6.83. The number of ether oxygens (including phenoxy) is 1. The Morgan fingerprint density at radius 3 is 2.62 bits per heavy atom. The molecule has 2 fully saturated rings. The molecule has 1 aromatic carbocycles. The van der Waals surface area contributed by atoms with Crippen molar-refractivity contribution in [1.82, 2.24) is 5.32 Å². The first-order chi connectivity index (χ1) is 13.5. The van der Waals surface area contributed by atoms with Crippen LogP contribution in [0.1, 0.15) is 26.3 Å². The number of fused-ring (bicyclic) bond motifs is 1. The van der Waals surface area contributed by atoms with E-state index in [0.717, 1.165) is 11.3 Å². The van der Waals surface area contributed by atoms with Gasteiger partial charge in [0.15, 0.2) is 15.0 Å². The monoisotopic (exact) mass is 439 g/mol. The van der Waals surface area contributed by atoms with Gasteiger partial charge in [0.25, 0.3) is 5.91 Å². The number of nitrogens with zero attached hydrogens (tertiary/aromatic N) is 2. The molecule has 2 saturated heterocycles. The van der Waals surface area contributed by atoms with E-state index in [4.69, 9.17) is 4.74 Å². The Kier molecular flexibility index (Phi) is 5.96. The average Bonchev–Trinajstić information content (AvgIpc) is 3.03. The topological polar surface area (TPSA) is 105 Å². The van der Waals surface area contributed by atoms with Crippen LogP contribution in [-0.2, 0) is 19.4 Å². The molecule has 1 aromatic rings. The molecule has 0 bridgehead atoms. The van der Waals surface area contributed by atoms with Crippen LogP contribution in [0, 0.1) is 6.92 Å². The molecular formula is C19H25N3O5S2. The van der Waals surface area contributed by atoms with E-state index in [0.29, 0.717) is 5.17 Å². The predicted molar refractivity (Wildman–Crippen MR) is 114 cm³/mol. The van der Waals surface area contributed by atoms with E-state index in [1.54, 1.807) is 20.8 Å². The maximum Gasteiger partial charge on any atom is 0.408 e. The lowest BCUT2D eigenvalue weighted by molar-refractivity contribution is -0.117. The maximum atomic E-state index is 12.4. The van der Waals surface area contributed by atoms with Gasteiger partial charge in [-0.3, -0.25) is 4.79 Å². The molecule has 2 aliphatic rings. The lowest BCUT2D eigenvalue weighted by Gasteiger charge is -2.26. The van der Waals surface area contributed by atoms with Gasteiger partial charge in [-0.05, 0) is 39.3 Å². The van der Waals surface area contributed by atoms with Crippen LogP contribution in [0.25, 0.3) is 0 Å². The van der Waals surface area contributed by atoms with E-state index < -0.39 is 27.4 Å². The summed E-state index contributed by atoms with van der Waals surface area (Å²) in [5.74, 6) is -0.434. The van der Waals surface area contributed by atoms with E-state index in [9.17, 15) is 18.0 Å². The van der Waals surface area contributed by atoms with E-state index in [2.05, 4.69) is 10.3 Å². The van der Waals surface area contributed by atoms with Crippen LogP contribution in [0.15, 0.2) is 29.3 Å². The molecule has 0 radical (unpaired) electrons. The minimum atomic E-state index is -3.13. The molecule has 29 heavy (non-hydrogen) atoms. The third-order valence-electron chi connectivity index (χ3n) is 4.44. The second kappa shape index (κ2) is 7.98. The van der Waals surface area contributed by atoms with E-state index >= 15 is 0 Å². The average molecular weight is 440 g/mol. The minimum absolute atomic E-state index is 0.0301. The third-order valence-corrected chi connectivity index (χ3v) is 7.65. The molecule has 3 rings (SSSR count). The number of anilines is 1. The molecule has 2 amide bonds. The number of carbonyl (C=O) groups is 2. The number of amidine groups is 1. The first-order valence-corrected chi connectivity index (χ1v) is 12.0. The minimum Gasteiger partial charge on any atom is -0.444 e. The summed E-state index contributed by atoms with van der Waals surface area (Å²) in [5.41, 5.74) is 1.13. The number of aryl methyl sites for hydroxylation is 1. The second-order valence-electron chi connectivity index (χ2n) is 8.10. The van der Waals surface area contributed by atoms with Crippen LogP contribution in [-0.4, -0.2) is 60.5 Å². The Balaban J connectivity index is 1.79. The molecule has 2 atom stereocenters. The Morgan fingerprint density at radius 2 is 1.97 bits per heavy atom. The summed E-state index contributed by atoms with van der Waals surface area (Å²) in [7, 11) is -3.13. The van der Waals surface area contributed by atoms with Crippen molar-refractivity contribution in [1.29, 1.82) is 0 Å². The smallest absolute Gasteiger partial charge is 0.408 e. The van der Waals surface area contributed by atoms with Crippen molar-refractivity contribution in [2.75, 3.05) is 23.0 Å². The molecule has 10 heteroatoms. The van der Waals surface area contributed by atoms with Crippen molar-refractivity contribution >= 4 is 44.5 Å². The molecular weight excluding hydrogens is 414 g/mol. The summed E-state index contributed by atoms with van der Waals surface area (Å²) in [5, 5.41) is 2.68.